The molecule has 0 saturated heterocycles. The summed E-state index contributed by atoms with van der Waals surface area (Å²) in [6.07, 6.45) is 3.65. The lowest BCUT2D eigenvalue weighted by molar-refractivity contribution is 0.477. The monoisotopic (exact) mass is 210 g/mol. The normalized spacial score (nSPS) is 13.8. The molecule has 1 nitrogen and oxygen atoms in total. The first-order chi connectivity index (χ1) is 7.84. The molecule has 0 spiro atoms. The summed E-state index contributed by atoms with van der Waals surface area (Å²) >= 11 is 0. The highest BCUT2D eigenvalue weighted by atomic mass is 16.3. The van der Waals surface area contributed by atoms with E-state index in [-0.39, 0.29) is 0 Å². The number of hydrogen-bond donors (Lipinski definition) is 1. The summed E-state index contributed by atoms with van der Waals surface area (Å²) in [6, 6.07) is 14.0. The van der Waals surface area contributed by atoms with Gasteiger partial charge in [0.05, 0.1) is 0 Å². The molecular weight excluding hydrogens is 196 g/mol. The average Bonchev–Trinajstić information content (AvgIpc) is 2.76. The van der Waals surface area contributed by atoms with Crippen molar-refractivity contribution in [3.05, 3.63) is 53.6 Å². The van der Waals surface area contributed by atoms with Crippen molar-refractivity contribution in [3.8, 4) is 16.9 Å². The van der Waals surface area contributed by atoms with Crippen LogP contribution >= 0.6 is 0 Å². The molecule has 0 heterocycles. The number of aryl methyl sites for hydroxylation is 2. The van der Waals surface area contributed by atoms with Crippen LogP contribution in [0.1, 0.15) is 17.5 Å². The summed E-state index contributed by atoms with van der Waals surface area (Å²) in [4.78, 5) is 0. The summed E-state index contributed by atoms with van der Waals surface area (Å²) in [5.41, 5.74) is 4.97. The topological polar surface area (TPSA) is 20.2 Å². The second kappa shape index (κ2) is 3.67. The molecule has 0 atom stereocenters. The van der Waals surface area contributed by atoms with E-state index >= 15 is 0 Å². The number of para-hydroxylation sites is 1. The summed E-state index contributed by atoms with van der Waals surface area (Å²) in [6.45, 7) is 0. The standard InChI is InChI=1S/C15H14O/c16-15-7-2-1-6-14(15)13-9-8-11-4-3-5-12(11)10-13/h1-2,6-10,16H,3-5H2. The summed E-state index contributed by atoms with van der Waals surface area (Å²) in [5.74, 6) is 0.362. The molecule has 16 heavy (non-hydrogen) atoms. The van der Waals surface area contributed by atoms with Crippen LogP contribution < -0.4 is 0 Å². The predicted molar refractivity (Wildman–Crippen MR) is 65.6 cm³/mol. The molecule has 0 aromatic heterocycles. The molecular formula is C15H14O. The fourth-order valence-electron chi connectivity index (χ4n) is 2.46. The lowest BCUT2D eigenvalue weighted by atomic mass is 10.00. The van der Waals surface area contributed by atoms with Crippen LogP contribution in [0.2, 0.25) is 0 Å². The molecule has 0 radical (unpaired) electrons. The number of benzene rings is 2. The maximum atomic E-state index is 9.81. The van der Waals surface area contributed by atoms with E-state index in [0.717, 1.165) is 11.1 Å². The molecule has 1 aliphatic rings. The van der Waals surface area contributed by atoms with Gasteiger partial charge in [0, 0.05) is 5.56 Å². The summed E-state index contributed by atoms with van der Waals surface area (Å²) in [5, 5.41) is 9.81. The van der Waals surface area contributed by atoms with Gasteiger partial charge in [0.25, 0.3) is 0 Å². The van der Waals surface area contributed by atoms with Crippen LogP contribution in [0.4, 0.5) is 0 Å². The van der Waals surface area contributed by atoms with E-state index in [4.69, 9.17) is 0 Å². The van der Waals surface area contributed by atoms with Crippen LogP contribution in [-0.4, -0.2) is 5.11 Å². The van der Waals surface area contributed by atoms with E-state index in [9.17, 15) is 5.11 Å². The minimum atomic E-state index is 0.362. The zero-order valence-electron chi connectivity index (χ0n) is 9.11. The Balaban J connectivity index is 2.11. The van der Waals surface area contributed by atoms with Gasteiger partial charge in [0.15, 0.2) is 0 Å². The molecule has 0 saturated carbocycles. The molecule has 2 aromatic rings. The van der Waals surface area contributed by atoms with Crippen LogP contribution in [0, 0.1) is 0 Å². The van der Waals surface area contributed by atoms with Gasteiger partial charge in [-0.05, 0) is 42.0 Å². The number of rotatable bonds is 1. The Labute approximate surface area is 95.4 Å². The Hall–Kier alpha value is -1.76. The Bertz CT molecular complexity index is 529. The minimum absolute atomic E-state index is 0.362. The van der Waals surface area contributed by atoms with Gasteiger partial charge in [-0.2, -0.15) is 0 Å². The van der Waals surface area contributed by atoms with Crippen molar-refractivity contribution in [2.75, 3.05) is 0 Å². The number of hydrogen-bond acceptors (Lipinski definition) is 1. The van der Waals surface area contributed by atoms with Gasteiger partial charge in [-0.15, -0.1) is 0 Å². The van der Waals surface area contributed by atoms with E-state index in [2.05, 4.69) is 18.2 Å². The minimum Gasteiger partial charge on any atom is -0.507 e. The highest BCUT2D eigenvalue weighted by molar-refractivity contribution is 5.71. The Kier molecular flexibility index (Phi) is 2.17. The first kappa shape index (κ1) is 9.46. The van der Waals surface area contributed by atoms with Crippen molar-refractivity contribution in [2.24, 2.45) is 0 Å². The van der Waals surface area contributed by atoms with E-state index in [1.807, 2.05) is 18.2 Å². The fourth-order valence-corrected chi connectivity index (χ4v) is 2.46. The molecule has 0 unspecified atom stereocenters. The molecule has 0 fully saturated rings. The highest BCUT2D eigenvalue weighted by Gasteiger charge is 2.12. The van der Waals surface area contributed by atoms with Crippen molar-refractivity contribution in [1.82, 2.24) is 0 Å². The van der Waals surface area contributed by atoms with Gasteiger partial charge in [-0.25, -0.2) is 0 Å². The van der Waals surface area contributed by atoms with Gasteiger partial charge >= 0.3 is 0 Å². The second-order valence-corrected chi connectivity index (χ2v) is 4.35. The average molecular weight is 210 g/mol. The predicted octanol–water partition coefficient (Wildman–Crippen LogP) is 3.55. The van der Waals surface area contributed by atoms with Crippen molar-refractivity contribution in [1.29, 1.82) is 0 Å². The molecule has 1 heteroatoms. The van der Waals surface area contributed by atoms with E-state index in [0.29, 0.717) is 5.75 Å². The van der Waals surface area contributed by atoms with Crippen LogP contribution in [0.15, 0.2) is 42.5 Å². The van der Waals surface area contributed by atoms with Crippen LogP contribution in [-0.2, 0) is 12.8 Å². The van der Waals surface area contributed by atoms with Gasteiger partial charge in [0.1, 0.15) is 5.75 Å². The van der Waals surface area contributed by atoms with E-state index in [1.54, 1.807) is 6.07 Å². The Morgan fingerprint density at radius 1 is 0.875 bits per heavy atom. The molecule has 3 rings (SSSR count). The van der Waals surface area contributed by atoms with Crippen LogP contribution in [0.3, 0.4) is 0 Å². The molecule has 0 bridgehead atoms. The third-order valence-electron chi connectivity index (χ3n) is 3.31. The summed E-state index contributed by atoms with van der Waals surface area (Å²) < 4.78 is 0. The molecule has 0 amide bonds. The molecule has 1 aliphatic carbocycles. The number of aromatic hydroxyl groups is 1. The van der Waals surface area contributed by atoms with Gasteiger partial charge in [0.2, 0.25) is 0 Å². The first-order valence-electron chi connectivity index (χ1n) is 5.75. The van der Waals surface area contributed by atoms with Gasteiger partial charge in [-0.1, -0.05) is 36.4 Å². The summed E-state index contributed by atoms with van der Waals surface area (Å²) in [7, 11) is 0. The fraction of sp³-hybridized carbons (Fsp3) is 0.200. The second-order valence-electron chi connectivity index (χ2n) is 4.35. The SMILES string of the molecule is Oc1ccccc1-c1ccc2c(c1)CCC2. The number of phenols is 1. The quantitative estimate of drug-likeness (QED) is 0.763. The molecule has 2 aromatic carbocycles. The van der Waals surface area contributed by atoms with Crippen molar-refractivity contribution in [3.63, 3.8) is 0 Å². The zero-order valence-corrected chi connectivity index (χ0v) is 9.11. The number of phenolic OH excluding ortho intramolecular Hbond substituents is 1. The van der Waals surface area contributed by atoms with Crippen LogP contribution in [0.5, 0.6) is 5.75 Å². The molecule has 80 valence electrons. The van der Waals surface area contributed by atoms with Crippen molar-refractivity contribution < 1.29 is 5.11 Å². The third-order valence-corrected chi connectivity index (χ3v) is 3.31. The van der Waals surface area contributed by atoms with Crippen molar-refractivity contribution >= 4 is 0 Å². The van der Waals surface area contributed by atoms with E-state index < -0.39 is 0 Å². The number of fused-ring (bicyclic) bond motifs is 1. The largest absolute Gasteiger partial charge is 0.507 e. The van der Waals surface area contributed by atoms with Gasteiger partial charge in [-0.3, -0.25) is 0 Å². The molecule has 1 N–H and O–H groups in total. The zero-order chi connectivity index (χ0) is 11.0. The van der Waals surface area contributed by atoms with Crippen molar-refractivity contribution in [2.45, 2.75) is 19.3 Å². The smallest absolute Gasteiger partial charge is 0.123 e. The highest BCUT2D eigenvalue weighted by Crippen LogP contribution is 2.32. The lowest BCUT2D eigenvalue weighted by Crippen LogP contribution is -1.84. The van der Waals surface area contributed by atoms with Gasteiger partial charge < -0.3 is 5.11 Å². The molecule has 0 aliphatic heterocycles. The maximum Gasteiger partial charge on any atom is 0.123 e. The van der Waals surface area contributed by atoms with E-state index in [1.165, 1.54) is 30.4 Å². The maximum absolute atomic E-state index is 9.81. The lowest BCUT2D eigenvalue weighted by Gasteiger charge is -2.06. The third kappa shape index (κ3) is 1.49. The Morgan fingerprint density at radius 3 is 2.56 bits per heavy atom. The van der Waals surface area contributed by atoms with Crippen LogP contribution in [0.25, 0.3) is 11.1 Å². The Morgan fingerprint density at radius 2 is 1.69 bits per heavy atom. The first-order valence-corrected chi connectivity index (χ1v) is 5.75.